The molecule has 0 amide bonds. The second kappa shape index (κ2) is 6.19. The van der Waals surface area contributed by atoms with Gasteiger partial charge in [0.2, 0.25) is 10.0 Å². The third kappa shape index (κ3) is 3.58. The molecule has 0 aromatic heterocycles. The molecule has 0 aliphatic heterocycles. The minimum absolute atomic E-state index is 0.0470. The molecule has 0 aliphatic carbocycles. The van der Waals surface area contributed by atoms with Crippen molar-refractivity contribution in [2.45, 2.75) is 11.8 Å². The number of ether oxygens (including phenoxy) is 1. The number of carbonyl (C=O) groups is 1. The molecule has 18 heavy (non-hydrogen) atoms. The van der Waals surface area contributed by atoms with Gasteiger partial charge in [0.15, 0.2) is 0 Å². The molecular weight excluding hydrogens is 254 g/mol. The lowest BCUT2D eigenvalue weighted by molar-refractivity contribution is 0.0526. The number of carbonyl (C=O) groups excluding carboxylic acids is 1. The number of hydrogen-bond acceptors (Lipinski definition) is 4. The van der Waals surface area contributed by atoms with Gasteiger partial charge in [0.1, 0.15) is 0 Å². The van der Waals surface area contributed by atoms with Crippen molar-refractivity contribution >= 4 is 16.0 Å². The van der Waals surface area contributed by atoms with Gasteiger partial charge in [-0.3, -0.25) is 0 Å². The smallest absolute Gasteiger partial charge is 0.338 e. The highest BCUT2D eigenvalue weighted by molar-refractivity contribution is 7.89. The Morgan fingerprint density at radius 1 is 1.39 bits per heavy atom. The molecule has 0 heterocycles. The summed E-state index contributed by atoms with van der Waals surface area (Å²) in [5.74, 6) is 1.69. The summed E-state index contributed by atoms with van der Waals surface area (Å²) < 4.78 is 30.4. The zero-order valence-electron chi connectivity index (χ0n) is 9.84. The number of rotatable bonds is 5. The monoisotopic (exact) mass is 267 g/mol. The van der Waals surface area contributed by atoms with Crippen molar-refractivity contribution in [2.24, 2.45) is 0 Å². The Morgan fingerprint density at radius 2 is 2.00 bits per heavy atom. The van der Waals surface area contributed by atoms with E-state index in [0.717, 1.165) is 0 Å². The Kier molecular flexibility index (Phi) is 4.89. The maximum absolute atomic E-state index is 11.7. The summed E-state index contributed by atoms with van der Waals surface area (Å²) >= 11 is 0. The predicted octanol–water partition coefficient (Wildman–Crippen LogP) is 0.775. The van der Waals surface area contributed by atoms with Gasteiger partial charge in [0, 0.05) is 0 Å². The molecule has 0 atom stereocenters. The summed E-state index contributed by atoms with van der Waals surface area (Å²) in [5, 5.41) is 0. The van der Waals surface area contributed by atoms with Crippen LogP contribution in [0.15, 0.2) is 29.2 Å². The first-order valence-electron chi connectivity index (χ1n) is 5.21. The molecule has 0 saturated heterocycles. The van der Waals surface area contributed by atoms with Crippen LogP contribution in [0.4, 0.5) is 0 Å². The molecule has 0 fully saturated rings. The summed E-state index contributed by atoms with van der Waals surface area (Å²) in [6.07, 6.45) is 4.97. The number of benzene rings is 1. The fourth-order valence-electron chi connectivity index (χ4n) is 1.20. The van der Waals surface area contributed by atoms with E-state index in [0.29, 0.717) is 5.56 Å². The molecule has 0 aliphatic rings. The Hall–Kier alpha value is -1.84. The highest BCUT2D eigenvalue weighted by Gasteiger charge is 2.14. The number of nitrogens with one attached hydrogen (secondary N) is 1. The lowest BCUT2D eigenvalue weighted by Gasteiger charge is -2.05. The number of terminal acetylenes is 1. The van der Waals surface area contributed by atoms with Gasteiger partial charge >= 0.3 is 5.97 Å². The van der Waals surface area contributed by atoms with Crippen molar-refractivity contribution in [1.82, 2.24) is 4.72 Å². The highest BCUT2D eigenvalue weighted by Crippen LogP contribution is 2.11. The Morgan fingerprint density at radius 3 is 2.50 bits per heavy atom. The molecular formula is C12H13NO4S. The highest BCUT2D eigenvalue weighted by atomic mass is 32.2. The summed E-state index contributed by atoms with van der Waals surface area (Å²) in [4.78, 5) is 11.4. The third-order valence-corrected chi connectivity index (χ3v) is 3.46. The topological polar surface area (TPSA) is 72.5 Å². The molecule has 0 bridgehead atoms. The summed E-state index contributed by atoms with van der Waals surface area (Å²) in [7, 11) is -3.62. The van der Waals surface area contributed by atoms with Gasteiger partial charge in [-0.2, -0.15) is 4.72 Å². The number of hydrogen-bond donors (Lipinski definition) is 1. The summed E-state index contributed by atoms with van der Waals surface area (Å²) in [5.41, 5.74) is 0.299. The molecule has 0 radical (unpaired) electrons. The van der Waals surface area contributed by atoms with E-state index in [-0.39, 0.29) is 18.0 Å². The number of sulfonamides is 1. The first kappa shape index (κ1) is 14.2. The lowest BCUT2D eigenvalue weighted by Crippen LogP contribution is -2.23. The standard InChI is InChI=1S/C12H13NO4S/c1-3-9-13-18(15,16)11-7-5-10(6-8-11)12(14)17-4-2/h1,5-8,13H,4,9H2,2H3. The second-order valence-electron chi connectivity index (χ2n) is 3.27. The molecule has 5 nitrogen and oxygen atoms in total. The van der Waals surface area contributed by atoms with Crippen LogP contribution in [0.2, 0.25) is 0 Å². The predicted molar refractivity (Wildman–Crippen MR) is 66.4 cm³/mol. The fraction of sp³-hybridized carbons (Fsp3) is 0.250. The van der Waals surface area contributed by atoms with E-state index in [4.69, 9.17) is 11.2 Å². The van der Waals surface area contributed by atoms with E-state index in [2.05, 4.69) is 10.6 Å². The largest absolute Gasteiger partial charge is 0.462 e. The van der Waals surface area contributed by atoms with Crippen LogP contribution in [0.3, 0.4) is 0 Å². The van der Waals surface area contributed by atoms with E-state index < -0.39 is 16.0 Å². The Balaban J connectivity index is 2.90. The first-order valence-corrected chi connectivity index (χ1v) is 6.70. The van der Waals surface area contributed by atoms with Crippen molar-refractivity contribution in [2.75, 3.05) is 13.2 Å². The zero-order valence-corrected chi connectivity index (χ0v) is 10.7. The Labute approximate surface area is 106 Å². The fourth-order valence-corrected chi connectivity index (χ4v) is 2.14. The van der Waals surface area contributed by atoms with Crippen LogP contribution in [-0.4, -0.2) is 27.5 Å². The van der Waals surface area contributed by atoms with E-state index in [1.807, 2.05) is 0 Å². The lowest BCUT2D eigenvalue weighted by atomic mass is 10.2. The van der Waals surface area contributed by atoms with Crippen LogP contribution >= 0.6 is 0 Å². The van der Waals surface area contributed by atoms with E-state index in [9.17, 15) is 13.2 Å². The van der Waals surface area contributed by atoms with Gasteiger partial charge in [0.05, 0.1) is 23.6 Å². The molecule has 0 unspecified atom stereocenters. The van der Waals surface area contributed by atoms with Crippen LogP contribution in [0, 0.1) is 12.3 Å². The summed E-state index contributed by atoms with van der Waals surface area (Å²) in [6.45, 7) is 1.88. The third-order valence-electron chi connectivity index (χ3n) is 2.04. The van der Waals surface area contributed by atoms with Crippen LogP contribution in [0.5, 0.6) is 0 Å². The van der Waals surface area contributed by atoms with Crippen LogP contribution < -0.4 is 4.72 Å². The molecule has 6 heteroatoms. The quantitative estimate of drug-likeness (QED) is 0.632. The van der Waals surface area contributed by atoms with E-state index in [1.54, 1.807) is 6.92 Å². The average Bonchev–Trinajstić information content (AvgIpc) is 2.37. The van der Waals surface area contributed by atoms with Crippen molar-refractivity contribution in [3.05, 3.63) is 29.8 Å². The maximum Gasteiger partial charge on any atom is 0.338 e. The van der Waals surface area contributed by atoms with Crippen LogP contribution in [0.1, 0.15) is 17.3 Å². The van der Waals surface area contributed by atoms with Gasteiger partial charge in [-0.15, -0.1) is 6.42 Å². The average molecular weight is 267 g/mol. The van der Waals surface area contributed by atoms with Gasteiger partial charge in [-0.25, -0.2) is 13.2 Å². The molecule has 1 N–H and O–H groups in total. The van der Waals surface area contributed by atoms with Crippen LogP contribution in [-0.2, 0) is 14.8 Å². The van der Waals surface area contributed by atoms with Gasteiger partial charge in [-0.1, -0.05) is 5.92 Å². The van der Waals surface area contributed by atoms with Gasteiger partial charge in [0.25, 0.3) is 0 Å². The maximum atomic E-state index is 11.7. The molecule has 0 saturated carbocycles. The molecule has 0 spiro atoms. The van der Waals surface area contributed by atoms with Crippen molar-refractivity contribution in [3.8, 4) is 12.3 Å². The minimum Gasteiger partial charge on any atom is -0.462 e. The van der Waals surface area contributed by atoms with Crippen molar-refractivity contribution < 1.29 is 17.9 Å². The zero-order chi connectivity index (χ0) is 13.6. The molecule has 1 rings (SSSR count). The van der Waals surface area contributed by atoms with Crippen LogP contribution in [0.25, 0.3) is 0 Å². The molecule has 1 aromatic carbocycles. The second-order valence-corrected chi connectivity index (χ2v) is 5.04. The minimum atomic E-state index is -3.62. The SMILES string of the molecule is C#CCNS(=O)(=O)c1ccc(C(=O)OCC)cc1. The number of esters is 1. The van der Waals surface area contributed by atoms with Gasteiger partial charge in [-0.05, 0) is 31.2 Å². The van der Waals surface area contributed by atoms with Crippen molar-refractivity contribution in [1.29, 1.82) is 0 Å². The Bertz CT molecular complexity index is 555. The van der Waals surface area contributed by atoms with Crippen molar-refractivity contribution in [3.63, 3.8) is 0 Å². The van der Waals surface area contributed by atoms with E-state index >= 15 is 0 Å². The summed E-state index contributed by atoms with van der Waals surface area (Å²) in [6, 6.07) is 5.43. The normalized spacial score (nSPS) is 10.7. The van der Waals surface area contributed by atoms with E-state index in [1.165, 1.54) is 24.3 Å². The first-order chi connectivity index (χ1) is 8.51. The molecule has 1 aromatic rings. The van der Waals surface area contributed by atoms with Gasteiger partial charge < -0.3 is 4.74 Å². The molecule has 96 valence electrons.